The van der Waals surface area contributed by atoms with Crippen LogP contribution in [0.15, 0.2) is 24.3 Å². The maximum atomic E-state index is 12.2. The molecule has 0 saturated carbocycles. The maximum Gasteiger partial charge on any atom is 0.310 e. The van der Waals surface area contributed by atoms with Gasteiger partial charge >= 0.3 is 5.97 Å². The molecule has 0 saturated heterocycles. The van der Waals surface area contributed by atoms with Crippen LogP contribution in [0.5, 0.6) is 0 Å². The number of carbonyl (C=O) groups excluding carboxylic acids is 1. The number of rotatable bonds is 4. The predicted molar refractivity (Wildman–Crippen MR) is 51.7 cm³/mol. The average Bonchev–Trinajstić information content (AvgIpc) is 2.18. The van der Waals surface area contributed by atoms with Crippen molar-refractivity contribution in [2.75, 3.05) is 6.61 Å². The van der Waals surface area contributed by atoms with E-state index in [-0.39, 0.29) is 18.0 Å². The predicted octanol–water partition coefficient (Wildman–Crippen LogP) is 2.73. The first-order chi connectivity index (χ1) is 7.13. The molecule has 1 aromatic carbocycles. The Kier molecular flexibility index (Phi) is 4.21. The standard InChI is InChI=1S/C11H12F2O2/c1-2-15-10(14)7-8-3-5-9(6-4-8)11(12)13/h3-6,11H,2,7H2,1H3. The Labute approximate surface area is 86.9 Å². The van der Waals surface area contributed by atoms with Crippen LogP contribution in [-0.4, -0.2) is 12.6 Å². The van der Waals surface area contributed by atoms with Gasteiger partial charge in [-0.25, -0.2) is 8.78 Å². The zero-order valence-electron chi connectivity index (χ0n) is 8.37. The summed E-state index contributed by atoms with van der Waals surface area (Å²) in [4.78, 5) is 11.1. The Hall–Kier alpha value is -1.45. The van der Waals surface area contributed by atoms with Gasteiger partial charge in [-0.2, -0.15) is 0 Å². The molecule has 0 aliphatic heterocycles. The molecule has 0 N–H and O–H groups in total. The fraction of sp³-hybridized carbons (Fsp3) is 0.364. The van der Waals surface area contributed by atoms with Crippen molar-refractivity contribution in [3.63, 3.8) is 0 Å². The van der Waals surface area contributed by atoms with E-state index in [4.69, 9.17) is 4.74 Å². The van der Waals surface area contributed by atoms with Crippen LogP contribution in [0.4, 0.5) is 8.78 Å². The fourth-order valence-corrected chi connectivity index (χ4v) is 1.16. The van der Waals surface area contributed by atoms with Gasteiger partial charge in [-0.15, -0.1) is 0 Å². The molecule has 0 spiro atoms. The molecule has 0 heterocycles. The van der Waals surface area contributed by atoms with Gasteiger partial charge < -0.3 is 4.74 Å². The van der Waals surface area contributed by atoms with E-state index < -0.39 is 6.43 Å². The summed E-state index contributed by atoms with van der Waals surface area (Å²) in [6.45, 7) is 2.05. The molecule has 0 unspecified atom stereocenters. The molecule has 82 valence electrons. The van der Waals surface area contributed by atoms with Crippen LogP contribution in [0.1, 0.15) is 24.5 Å². The van der Waals surface area contributed by atoms with E-state index >= 15 is 0 Å². The topological polar surface area (TPSA) is 26.3 Å². The number of esters is 1. The van der Waals surface area contributed by atoms with Gasteiger partial charge in [-0.3, -0.25) is 4.79 Å². The first kappa shape index (κ1) is 11.6. The summed E-state index contributed by atoms with van der Waals surface area (Å²) < 4.78 is 29.1. The number of carbonyl (C=O) groups is 1. The lowest BCUT2D eigenvalue weighted by atomic mass is 10.1. The number of ether oxygens (including phenoxy) is 1. The van der Waals surface area contributed by atoms with Crippen molar-refractivity contribution in [2.45, 2.75) is 19.8 Å². The van der Waals surface area contributed by atoms with E-state index in [2.05, 4.69) is 0 Å². The van der Waals surface area contributed by atoms with E-state index in [1.165, 1.54) is 24.3 Å². The summed E-state index contributed by atoms with van der Waals surface area (Å²) in [6.07, 6.45) is -2.35. The fourth-order valence-electron chi connectivity index (χ4n) is 1.16. The van der Waals surface area contributed by atoms with Crippen LogP contribution in [0.3, 0.4) is 0 Å². The zero-order valence-corrected chi connectivity index (χ0v) is 8.37. The lowest BCUT2D eigenvalue weighted by Crippen LogP contribution is -2.07. The Balaban J connectivity index is 2.60. The van der Waals surface area contributed by atoms with Crippen LogP contribution in [-0.2, 0) is 16.0 Å². The van der Waals surface area contributed by atoms with Crippen molar-refractivity contribution in [1.82, 2.24) is 0 Å². The van der Waals surface area contributed by atoms with Crippen LogP contribution >= 0.6 is 0 Å². The molecular weight excluding hydrogens is 202 g/mol. The molecule has 0 fully saturated rings. The Morgan fingerprint density at radius 1 is 1.33 bits per heavy atom. The van der Waals surface area contributed by atoms with E-state index in [9.17, 15) is 13.6 Å². The minimum absolute atomic E-state index is 0.0393. The largest absolute Gasteiger partial charge is 0.466 e. The molecule has 4 heteroatoms. The van der Waals surface area contributed by atoms with E-state index in [1.807, 2.05) is 0 Å². The highest BCUT2D eigenvalue weighted by Crippen LogP contribution is 2.18. The van der Waals surface area contributed by atoms with Gasteiger partial charge in [-0.05, 0) is 12.5 Å². The maximum absolute atomic E-state index is 12.2. The third kappa shape index (κ3) is 3.65. The quantitative estimate of drug-likeness (QED) is 0.720. The van der Waals surface area contributed by atoms with Gasteiger partial charge in [0.2, 0.25) is 0 Å². The van der Waals surface area contributed by atoms with Crippen molar-refractivity contribution in [1.29, 1.82) is 0 Å². The first-order valence-electron chi connectivity index (χ1n) is 4.66. The van der Waals surface area contributed by atoms with Gasteiger partial charge in [0.15, 0.2) is 0 Å². The Bertz CT molecular complexity index is 320. The van der Waals surface area contributed by atoms with Crippen molar-refractivity contribution in [2.24, 2.45) is 0 Å². The Morgan fingerprint density at radius 2 is 1.93 bits per heavy atom. The van der Waals surface area contributed by atoms with Crippen LogP contribution in [0, 0.1) is 0 Å². The van der Waals surface area contributed by atoms with Crippen LogP contribution < -0.4 is 0 Å². The molecule has 0 aromatic heterocycles. The van der Waals surface area contributed by atoms with Gasteiger partial charge in [0.1, 0.15) is 0 Å². The number of benzene rings is 1. The first-order valence-corrected chi connectivity index (χ1v) is 4.66. The summed E-state index contributed by atoms with van der Waals surface area (Å²) in [5, 5.41) is 0. The molecule has 0 aliphatic carbocycles. The highest BCUT2D eigenvalue weighted by molar-refractivity contribution is 5.72. The van der Waals surface area contributed by atoms with Crippen molar-refractivity contribution >= 4 is 5.97 Å². The van der Waals surface area contributed by atoms with Crippen molar-refractivity contribution in [3.8, 4) is 0 Å². The van der Waals surface area contributed by atoms with Gasteiger partial charge in [-0.1, -0.05) is 24.3 Å². The SMILES string of the molecule is CCOC(=O)Cc1ccc(C(F)F)cc1. The molecular formula is C11H12F2O2. The van der Waals surface area contributed by atoms with Crippen LogP contribution in [0.25, 0.3) is 0 Å². The third-order valence-electron chi connectivity index (χ3n) is 1.89. The van der Waals surface area contributed by atoms with E-state index in [0.717, 1.165) is 0 Å². The van der Waals surface area contributed by atoms with Gasteiger partial charge in [0.05, 0.1) is 13.0 Å². The molecule has 15 heavy (non-hydrogen) atoms. The monoisotopic (exact) mass is 214 g/mol. The number of hydrogen-bond donors (Lipinski definition) is 0. The molecule has 1 rings (SSSR count). The zero-order chi connectivity index (χ0) is 11.3. The van der Waals surface area contributed by atoms with Gasteiger partial charge in [0, 0.05) is 5.56 Å². The van der Waals surface area contributed by atoms with Crippen molar-refractivity contribution < 1.29 is 18.3 Å². The minimum Gasteiger partial charge on any atom is -0.466 e. The molecule has 1 aromatic rings. The highest BCUT2D eigenvalue weighted by Gasteiger charge is 2.07. The van der Waals surface area contributed by atoms with Crippen LogP contribution in [0.2, 0.25) is 0 Å². The van der Waals surface area contributed by atoms with Gasteiger partial charge in [0.25, 0.3) is 6.43 Å². The smallest absolute Gasteiger partial charge is 0.310 e. The second-order valence-corrected chi connectivity index (χ2v) is 3.02. The highest BCUT2D eigenvalue weighted by atomic mass is 19.3. The minimum atomic E-state index is -2.47. The number of alkyl halides is 2. The summed E-state index contributed by atoms with van der Waals surface area (Å²) in [6, 6.07) is 5.66. The second kappa shape index (κ2) is 5.44. The molecule has 2 nitrogen and oxygen atoms in total. The van der Waals surface area contributed by atoms with Crippen molar-refractivity contribution in [3.05, 3.63) is 35.4 Å². The lowest BCUT2D eigenvalue weighted by Gasteiger charge is -2.03. The molecule has 0 aliphatic rings. The van der Waals surface area contributed by atoms with E-state index in [1.54, 1.807) is 6.92 Å². The molecule has 0 amide bonds. The number of hydrogen-bond acceptors (Lipinski definition) is 2. The number of halogens is 2. The Morgan fingerprint density at radius 3 is 2.40 bits per heavy atom. The van der Waals surface area contributed by atoms with E-state index in [0.29, 0.717) is 12.2 Å². The third-order valence-corrected chi connectivity index (χ3v) is 1.89. The average molecular weight is 214 g/mol. The molecule has 0 atom stereocenters. The summed E-state index contributed by atoms with van der Waals surface area (Å²) in [7, 11) is 0. The lowest BCUT2D eigenvalue weighted by molar-refractivity contribution is -0.142. The summed E-state index contributed by atoms with van der Waals surface area (Å²) in [5.74, 6) is -0.345. The normalized spacial score (nSPS) is 10.4. The summed E-state index contributed by atoms with van der Waals surface area (Å²) >= 11 is 0. The summed E-state index contributed by atoms with van der Waals surface area (Å²) in [5.41, 5.74) is 0.639. The second-order valence-electron chi connectivity index (χ2n) is 3.02. The molecule has 0 radical (unpaired) electrons. The molecule has 0 bridgehead atoms.